The van der Waals surface area contributed by atoms with Crippen molar-refractivity contribution in [1.82, 2.24) is 14.8 Å². The van der Waals surface area contributed by atoms with Crippen molar-refractivity contribution in [2.75, 3.05) is 5.73 Å². The molecule has 0 radical (unpaired) electrons. The highest BCUT2D eigenvalue weighted by atomic mass is 19.4. The smallest absolute Gasteiger partial charge is 0.382 e. The number of hydrogen-bond acceptors (Lipinski definition) is 4. The monoisotopic (exact) mass is 329 g/mol. The van der Waals surface area contributed by atoms with E-state index in [1.165, 1.54) is 23.0 Å². The van der Waals surface area contributed by atoms with E-state index in [1.54, 1.807) is 18.2 Å². The lowest BCUT2D eigenvalue weighted by atomic mass is 10.1. The van der Waals surface area contributed by atoms with Crippen molar-refractivity contribution in [3.8, 4) is 23.1 Å². The summed E-state index contributed by atoms with van der Waals surface area (Å²) in [6.45, 7) is 0. The number of rotatable bonds is 2. The molecule has 24 heavy (non-hydrogen) atoms. The van der Waals surface area contributed by atoms with Crippen LogP contribution in [0.25, 0.3) is 17.1 Å². The van der Waals surface area contributed by atoms with Crippen molar-refractivity contribution in [1.29, 1.82) is 5.26 Å². The fourth-order valence-corrected chi connectivity index (χ4v) is 2.24. The number of anilines is 1. The molecule has 0 amide bonds. The van der Waals surface area contributed by atoms with Gasteiger partial charge in [-0.15, -0.1) is 0 Å². The third-order valence-corrected chi connectivity index (χ3v) is 3.36. The Bertz CT molecular complexity index is 923. The van der Waals surface area contributed by atoms with Gasteiger partial charge < -0.3 is 5.73 Å². The molecule has 0 aliphatic heterocycles. The largest absolute Gasteiger partial charge is 0.416 e. The van der Waals surface area contributed by atoms with Crippen LogP contribution < -0.4 is 5.73 Å². The van der Waals surface area contributed by atoms with E-state index in [0.29, 0.717) is 5.82 Å². The van der Waals surface area contributed by atoms with E-state index < -0.39 is 11.7 Å². The average Bonchev–Trinajstić information content (AvgIpc) is 2.91. The maximum Gasteiger partial charge on any atom is 0.416 e. The van der Waals surface area contributed by atoms with Gasteiger partial charge in [0.1, 0.15) is 23.1 Å². The number of alkyl halides is 3. The first-order chi connectivity index (χ1) is 11.4. The van der Waals surface area contributed by atoms with Crippen LogP contribution in [0.1, 0.15) is 11.1 Å². The van der Waals surface area contributed by atoms with Crippen LogP contribution in [-0.4, -0.2) is 14.8 Å². The van der Waals surface area contributed by atoms with Crippen LogP contribution in [0.4, 0.5) is 19.0 Å². The molecule has 2 aromatic heterocycles. The van der Waals surface area contributed by atoms with Crippen molar-refractivity contribution in [2.45, 2.75) is 6.18 Å². The Kier molecular flexibility index (Phi) is 3.69. The Balaban J connectivity index is 2.18. The molecule has 3 aromatic rings. The summed E-state index contributed by atoms with van der Waals surface area (Å²) in [7, 11) is 0. The average molecular weight is 329 g/mol. The quantitative estimate of drug-likeness (QED) is 0.781. The van der Waals surface area contributed by atoms with Gasteiger partial charge in [0.15, 0.2) is 5.82 Å². The van der Waals surface area contributed by atoms with E-state index >= 15 is 0 Å². The number of nitriles is 1. The summed E-state index contributed by atoms with van der Waals surface area (Å²) in [4.78, 5) is 4.08. The molecular formula is C16H10F3N5. The summed E-state index contributed by atoms with van der Waals surface area (Å²) in [5, 5.41) is 13.5. The van der Waals surface area contributed by atoms with Crippen LogP contribution in [0.15, 0.2) is 48.7 Å². The Morgan fingerprint density at radius 3 is 2.54 bits per heavy atom. The van der Waals surface area contributed by atoms with Gasteiger partial charge in [0.2, 0.25) is 0 Å². The van der Waals surface area contributed by atoms with Crippen molar-refractivity contribution >= 4 is 5.82 Å². The number of aromatic nitrogens is 3. The molecule has 0 unspecified atom stereocenters. The minimum absolute atomic E-state index is 0.0000208. The summed E-state index contributed by atoms with van der Waals surface area (Å²) in [6.07, 6.45) is -2.97. The number of nitrogens with two attached hydrogens (primary N) is 1. The zero-order valence-corrected chi connectivity index (χ0v) is 12.1. The molecule has 8 heteroatoms. The minimum atomic E-state index is -4.49. The molecule has 5 nitrogen and oxygen atoms in total. The van der Waals surface area contributed by atoms with Crippen LogP contribution in [0.2, 0.25) is 0 Å². The van der Waals surface area contributed by atoms with Crippen LogP contribution in [-0.2, 0) is 6.18 Å². The minimum Gasteiger partial charge on any atom is -0.382 e. The second-order valence-corrected chi connectivity index (χ2v) is 4.90. The molecule has 0 atom stereocenters. The second kappa shape index (κ2) is 5.70. The number of hydrogen-bond donors (Lipinski definition) is 1. The fourth-order valence-electron chi connectivity index (χ4n) is 2.24. The zero-order valence-electron chi connectivity index (χ0n) is 12.1. The predicted octanol–water partition coefficient (Wildman–Crippen LogP) is 3.41. The predicted molar refractivity (Wildman–Crippen MR) is 80.9 cm³/mol. The van der Waals surface area contributed by atoms with E-state index in [0.717, 1.165) is 12.1 Å². The molecule has 2 heterocycles. The highest BCUT2D eigenvalue weighted by Gasteiger charge is 2.31. The van der Waals surface area contributed by atoms with Gasteiger partial charge in [0.25, 0.3) is 0 Å². The summed E-state index contributed by atoms with van der Waals surface area (Å²) in [6, 6.07) is 11.5. The molecule has 120 valence electrons. The highest BCUT2D eigenvalue weighted by Crippen LogP contribution is 2.34. The van der Waals surface area contributed by atoms with Crippen molar-refractivity contribution in [3.05, 3.63) is 59.8 Å². The Hall–Kier alpha value is -3.34. The van der Waals surface area contributed by atoms with Crippen molar-refractivity contribution in [2.24, 2.45) is 0 Å². The number of pyridine rings is 1. The number of benzene rings is 1. The maximum atomic E-state index is 12.9. The summed E-state index contributed by atoms with van der Waals surface area (Å²) >= 11 is 0. The number of nitrogen functional groups attached to an aromatic ring is 1. The normalized spacial score (nSPS) is 11.2. The van der Waals surface area contributed by atoms with E-state index in [9.17, 15) is 18.4 Å². The van der Waals surface area contributed by atoms with Crippen LogP contribution in [0.5, 0.6) is 0 Å². The highest BCUT2D eigenvalue weighted by molar-refractivity contribution is 5.74. The van der Waals surface area contributed by atoms with Crippen LogP contribution >= 0.6 is 0 Å². The molecule has 1 aromatic carbocycles. The molecule has 0 spiro atoms. The van der Waals surface area contributed by atoms with Gasteiger partial charge in [0, 0.05) is 11.8 Å². The third-order valence-electron chi connectivity index (χ3n) is 3.36. The van der Waals surface area contributed by atoms with Crippen molar-refractivity contribution in [3.63, 3.8) is 0 Å². The molecule has 0 aliphatic carbocycles. The first kappa shape index (κ1) is 15.6. The lowest BCUT2D eigenvalue weighted by molar-refractivity contribution is -0.137. The first-order valence-corrected chi connectivity index (χ1v) is 6.79. The molecule has 0 saturated carbocycles. The molecule has 0 fully saturated rings. The zero-order chi connectivity index (χ0) is 17.3. The van der Waals surface area contributed by atoms with Gasteiger partial charge >= 0.3 is 6.18 Å². The Morgan fingerprint density at radius 2 is 1.92 bits per heavy atom. The fraction of sp³-hybridized carbons (Fsp3) is 0.0625. The number of nitrogens with zero attached hydrogens (tertiary/aromatic N) is 4. The second-order valence-electron chi connectivity index (χ2n) is 4.90. The Morgan fingerprint density at radius 1 is 1.12 bits per heavy atom. The first-order valence-electron chi connectivity index (χ1n) is 6.79. The molecule has 3 rings (SSSR count). The standard InChI is InChI=1S/C16H10F3N5/c17-16(18,19)11-5-3-4-10(8-11)14-12(9-20)15(21)24(23-14)13-6-1-2-7-22-13/h1-8H,21H2. The van der Waals surface area contributed by atoms with E-state index in [2.05, 4.69) is 10.1 Å². The van der Waals surface area contributed by atoms with E-state index in [-0.39, 0.29) is 22.6 Å². The SMILES string of the molecule is N#Cc1c(-c2cccc(C(F)(F)F)c2)nn(-c2ccccn2)c1N. The summed E-state index contributed by atoms with van der Waals surface area (Å²) in [5.41, 5.74) is 5.33. The van der Waals surface area contributed by atoms with Gasteiger partial charge in [-0.25, -0.2) is 4.98 Å². The van der Waals surface area contributed by atoms with Crippen LogP contribution in [0, 0.1) is 11.3 Å². The van der Waals surface area contributed by atoms with E-state index in [4.69, 9.17) is 5.73 Å². The molecule has 2 N–H and O–H groups in total. The van der Waals surface area contributed by atoms with Crippen molar-refractivity contribution < 1.29 is 13.2 Å². The van der Waals surface area contributed by atoms with Gasteiger partial charge in [-0.05, 0) is 24.3 Å². The third kappa shape index (κ3) is 2.67. The molecule has 0 aliphatic rings. The van der Waals surface area contributed by atoms with Gasteiger partial charge in [-0.1, -0.05) is 18.2 Å². The molecule has 0 bridgehead atoms. The lowest BCUT2D eigenvalue weighted by Crippen LogP contribution is -2.05. The van der Waals surface area contributed by atoms with Gasteiger partial charge in [-0.2, -0.15) is 28.2 Å². The molecular weight excluding hydrogens is 319 g/mol. The Labute approximate surface area is 134 Å². The van der Waals surface area contributed by atoms with E-state index in [1.807, 2.05) is 6.07 Å². The topological polar surface area (TPSA) is 80.5 Å². The van der Waals surface area contributed by atoms with Gasteiger partial charge in [-0.3, -0.25) is 0 Å². The maximum absolute atomic E-state index is 12.9. The summed E-state index contributed by atoms with van der Waals surface area (Å²) in [5.74, 6) is 0.383. The number of halogens is 3. The lowest BCUT2D eigenvalue weighted by Gasteiger charge is -2.07. The van der Waals surface area contributed by atoms with Gasteiger partial charge in [0.05, 0.1) is 5.56 Å². The van der Waals surface area contributed by atoms with Crippen LogP contribution in [0.3, 0.4) is 0 Å². The summed E-state index contributed by atoms with van der Waals surface area (Å²) < 4.78 is 39.9. The molecule has 0 saturated heterocycles.